The van der Waals surface area contributed by atoms with Gasteiger partial charge in [0.15, 0.2) is 18.5 Å². The fourth-order valence-electron chi connectivity index (χ4n) is 4.37. The summed E-state index contributed by atoms with van der Waals surface area (Å²) < 4.78 is 35.9. The van der Waals surface area contributed by atoms with Gasteiger partial charge in [-0.2, -0.15) is 0 Å². The maximum Gasteiger partial charge on any atom is 0.338 e. The molecule has 0 amide bonds. The summed E-state index contributed by atoms with van der Waals surface area (Å²) in [5.41, 5.74) is 2.25. The standard InChI is InChI=1S/C32H34O8/c1-3-13-27(33)39-29-28(37-21-24-16-9-5-10-17-24)26(22-36-20-23-14-7-4-8-15-23)38-32(35-2)30(29)40-31(34)25-18-11-6-12-19-25/h3-19,26,28-30,32H,20-22H2,1-2H3/b13-3+/t26-,28-,29+,30+,32+/m1/s1. The summed E-state index contributed by atoms with van der Waals surface area (Å²) in [6.07, 6.45) is -1.89. The normalized spacial score (nSPS) is 22.6. The molecule has 8 heteroatoms. The Labute approximate surface area is 234 Å². The minimum absolute atomic E-state index is 0.116. The van der Waals surface area contributed by atoms with Gasteiger partial charge in [-0.3, -0.25) is 0 Å². The predicted octanol–water partition coefficient (Wildman–Crippen LogP) is 4.87. The van der Waals surface area contributed by atoms with Crippen LogP contribution in [-0.4, -0.2) is 56.4 Å². The van der Waals surface area contributed by atoms with E-state index >= 15 is 0 Å². The van der Waals surface area contributed by atoms with E-state index in [1.54, 1.807) is 43.3 Å². The van der Waals surface area contributed by atoms with E-state index in [1.165, 1.54) is 13.2 Å². The molecular formula is C32H34O8. The molecule has 0 saturated carbocycles. The smallest absolute Gasteiger partial charge is 0.338 e. The van der Waals surface area contributed by atoms with Gasteiger partial charge in [-0.05, 0) is 30.2 Å². The number of ether oxygens (including phenoxy) is 6. The molecule has 0 radical (unpaired) electrons. The molecule has 3 aromatic carbocycles. The number of carbonyl (C=O) groups excluding carboxylic acids is 2. The second-order valence-corrected chi connectivity index (χ2v) is 9.18. The van der Waals surface area contributed by atoms with Crippen LogP contribution in [0.25, 0.3) is 0 Å². The number of benzene rings is 3. The lowest BCUT2D eigenvalue weighted by molar-refractivity contribution is -0.305. The van der Waals surface area contributed by atoms with Crippen molar-refractivity contribution in [2.24, 2.45) is 0 Å². The lowest BCUT2D eigenvalue weighted by atomic mass is 9.98. The van der Waals surface area contributed by atoms with Crippen molar-refractivity contribution in [3.63, 3.8) is 0 Å². The third-order valence-corrected chi connectivity index (χ3v) is 6.31. The molecule has 1 fully saturated rings. The van der Waals surface area contributed by atoms with Crippen molar-refractivity contribution in [1.82, 2.24) is 0 Å². The highest BCUT2D eigenvalue weighted by atomic mass is 16.7. The van der Waals surface area contributed by atoms with Crippen LogP contribution >= 0.6 is 0 Å². The average molecular weight is 547 g/mol. The highest BCUT2D eigenvalue weighted by Crippen LogP contribution is 2.31. The Morgan fingerprint density at radius 3 is 1.98 bits per heavy atom. The summed E-state index contributed by atoms with van der Waals surface area (Å²) in [7, 11) is 1.44. The van der Waals surface area contributed by atoms with Gasteiger partial charge < -0.3 is 28.4 Å². The van der Waals surface area contributed by atoms with Gasteiger partial charge in [0.2, 0.25) is 0 Å². The molecule has 210 valence electrons. The van der Waals surface area contributed by atoms with Crippen molar-refractivity contribution >= 4 is 11.9 Å². The van der Waals surface area contributed by atoms with Gasteiger partial charge in [0.25, 0.3) is 0 Å². The third-order valence-electron chi connectivity index (χ3n) is 6.31. The Hall–Kier alpha value is -3.82. The number of esters is 2. The zero-order valence-corrected chi connectivity index (χ0v) is 22.6. The molecule has 0 aromatic heterocycles. The minimum atomic E-state index is -1.11. The first-order valence-electron chi connectivity index (χ1n) is 13.1. The van der Waals surface area contributed by atoms with Gasteiger partial charge in [0.05, 0.1) is 25.4 Å². The van der Waals surface area contributed by atoms with E-state index in [4.69, 9.17) is 28.4 Å². The summed E-state index contributed by atoms with van der Waals surface area (Å²) in [6.45, 7) is 2.38. The van der Waals surface area contributed by atoms with E-state index in [0.717, 1.165) is 11.1 Å². The topological polar surface area (TPSA) is 89.5 Å². The van der Waals surface area contributed by atoms with Crippen LogP contribution in [0, 0.1) is 0 Å². The Morgan fingerprint density at radius 1 is 0.775 bits per heavy atom. The number of hydrogen-bond acceptors (Lipinski definition) is 8. The van der Waals surface area contributed by atoms with Crippen molar-refractivity contribution in [1.29, 1.82) is 0 Å². The van der Waals surface area contributed by atoms with Gasteiger partial charge >= 0.3 is 11.9 Å². The van der Waals surface area contributed by atoms with Crippen LogP contribution in [0.4, 0.5) is 0 Å². The van der Waals surface area contributed by atoms with Crippen LogP contribution in [0.5, 0.6) is 0 Å². The van der Waals surface area contributed by atoms with Crippen molar-refractivity contribution in [2.45, 2.75) is 50.8 Å². The molecule has 40 heavy (non-hydrogen) atoms. The number of methoxy groups -OCH3 is 1. The molecule has 0 spiro atoms. The Morgan fingerprint density at radius 2 is 1.38 bits per heavy atom. The quantitative estimate of drug-likeness (QED) is 0.235. The molecule has 1 aliphatic heterocycles. The highest BCUT2D eigenvalue weighted by molar-refractivity contribution is 5.89. The molecule has 0 unspecified atom stereocenters. The summed E-state index contributed by atoms with van der Waals surface area (Å²) in [5, 5.41) is 0. The number of rotatable bonds is 12. The highest BCUT2D eigenvalue weighted by Gasteiger charge is 2.51. The van der Waals surface area contributed by atoms with Crippen LogP contribution < -0.4 is 0 Å². The summed E-state index contributed by atoms with van der Waals surface area (Å²) in [5.74, 6) is -1.22. The Kier molecular flexibility index (Phi) is 11.0. The fourth-order valence-corrected chi connectivity index (χ4v) is 4.37. The van der Waals surface area contributed by atoms with E-state index in [2.05, 4.69) is 0 Å². The molecule has 0 N–H and O–H groups in total. The Bertz CT molecular complexity index is 1220. The number of hydrogen-bond donors (Lipinski definition) is 0. The molecule has 4 rings (SSSR count). The third kappa shape index (κ3) is 8.09. The van der Waals surface area contributed by atoms with Crippen LogP contribution in [-0.2, 0) is 46.4 Å². The Balaban J connectivity index is 1.61. The summed E-state index contributed by atoms with van der Waals surface area (Å²) in [4.78, 5) is 25.8. The second kappa shape index (κ2) is 15.1. The molecule has 8 nitrogen and oxygen atoms in total. The first-order chi connectivity index (χ1) is 19.6. The van der Waals surface area contributed by atoms with E-state index in [1.807, 2.05) is 60.7 Å². The summed E-state index contributed by atoms with van der Waals surface area (Å²) in [6, 6.07) is 27.9. The first kappa shape index (κ1) is 29.2. The maximum atomic E-state index is 13.1. The lowest BCUT2D eigenvalue weighted by Crippen LogP contribution is -2.62. The minimum Gasteiger partial charge on any atom is -0.452 e. The first-order valence-corrected chi connectivity index (χ1v) is 13.1. The number of carbonyl (C=O) groups is 2. The predicted molar refractivity (Wildman–Crippen MR) is 147 cm³/mol. The van der Waals surface area contributed by atoms with Gasteiger partial charge in [-0.1, -0.05) is 84.9 Å². The largest absolute Gasteiger partial charge is 0.452 e. The molecule has 0 bridgehead atoms. The van der Waals surface area contributed by atoms with Crippen molar-refractivity contribution in [2.75, 3.05) is 13.7 Å². The average Bonchev–Trinajstić information content (AvgIpc) is 2.99. The van der Waals surface area contributed by atoms with Gasteiger partial charge in [0, 0.05) is 13.2 Å². The molecule has 3 aromatic rings. The van der Waals surface area contributed by atoms with Crippen molar-refractivity contribution in [3.8, 4) is 0 Å². The second-order valence-electron chi connectivity index (χ2n) is 9.18. The molecule has 1 aliphatic rings. The fraction of sp³-hybridized carbons (Fsp3) is 0.312. The maximum absolute atomic E-state index is 13.1. The van der Waals surface area contributed by atoms with Crippen molar-refractivity contribution < 1.29 is 38.0 Å². The van der Waals surface area contributed by atoms with Gasteiger partial charge in [0.1, 0.15) is 12.2 Å². The number of allylic oxidation sites excluding steroid dienone is 1. The van der Waals surface area contributed by atoms with Crippen LogP contribution in [0.1, 0.15) is 28.4 Å². The molecule has 1 heterocycles. The van der Waals surface area contributed by atoms with E-state index < -0.39 is 42.6 Å². The monoisotopic (exact) mass is 546 g/mol. The van der Waals surface area contributed by atoms with Crippen LogP contribution in [0.15, 0.2) is 103 Å². The van der Waals surface area contributed by atoms with Crippen molar-refractivity contribution in [3.05, 3.63) is 120 Å². The van der Waals surface area contributed by atoms with Gasteiger partial charge in [-0.25, -0.2) is 9.59 Å². The zero-order chi connectivity index (χ0) is 28.2. The van der Waals surface area contributed by atoms with Crippen LogP contribution in [0.3, 0.4) is 0 Å². The molecular weight excluding hydrogens is 512 g/mol. The van der Waals surface area contributed by atoms with E-state index in [-0.39, 0.29) is 13.2 Å². The van der Waals surface area contributed by atoms with Gasteiger partial charge in [-0.15, -0.1) is 0 Å². The molecule has 5 atom stereocenters. The molecule has 1 saturated heterocycles. The molecule has 0 aliphatic carbocycles. The SMILES string of the molecule is C/C=C/C(=O)O[C@@H]1[C@H](OC(=O)c2ccccc2)[C@@H](OC)O[C@H](COCc2ccccc2)[C@H]1OCc1ccccc1. The lowest BCUT2D eigenvalue weighted by Gasteiger charge is -2.44. The zero-order valence-electron chi connectivity index (χ0n) is 22.6. The van der Waals surface area contributed by atoms with E-state index in [9.17, 15) is 9.59 Å². The van der Waals surface area contributed by atoms with Crippen LogP contribution in [0.2, 0.25) is 0 Å². The summed E-state index contributed by atoms with van der Waals surface area (Å²) >= 11 is 0. The van der Waals surface area contributed by atoms with E-state index in [0.29, 0.717) is 12.2 Å².